The number of hydrazone groups is 1. The zero-order valence-electron chi connectivity index (χ0n) is 13.2. The highest BCUT2D eigenvalue weighted by atomic mass is 35.5. The summed E-state index contributed by atoms with van der Waals surface area (Å²) in [4.78, 5) is 0. The molecule has 128 valence electrons. The van der Waals surface area contributed by atoms with E-state index in [-0.39, 0.29) is 0 Å². The molecule has 0 amide bonds. The monoisotopic (exact) mass is 386 g/mol. The molecule has 0 unspecified atom stereocenters. The largest absolute Gasteiger partial charge is 0.378 e. The lowest BCUT2D eigenvalue weighted by atomic mass is 10.2. The highest BCUT2D eigenvalue weighted by molar-refractivity contribution is 6.36. The van der Waals surface area contributed by atoms with Crippen molar-refractivity contribution in [3.8, 4) is 0 Å². The molecule has 0 bridgehead atoms. The Morgan fingerprint density at radius 3 is 2.54 bits per heavy atom. The molecule has 3 rings (SSSR count). The first kappa shape index (κ1) is 17.5. The van der Waals surface area contributed by atoms with E-state index in [0.717, 1.165) is 29.9 Å². The lowest BCUT2D eigenvalue weighted by molar-refractivity contribution is 0.0397. The lowest BCUT2D eigenvalue weighted by Gasteiger charge is -2.23. The van der Waals surface area contributed by atoms with Crippen LogP contribution < -0.4 is 0 Å². The molecular formula is C16H17Cl3N4O. The van der Waals surface area contributed by atoms with Gasteiger partial charge in [-0.05, 0) is 19.1 Å². The Balaban J connectivity index is 1.82. The van der Waals surface area contributed by atoms with Gasteiger partial charge < -0.3 is 4.74 Å². The highest BCUT2D eigenvalue weighted by Crippen LogP contribution is 2.27. The Labute approximate surface area is 155 Å². The Bertz CT molecular complexity index is 734. The van der Waals surface area contributed by atoms with E-state index in [0.29, 0.717) is 35.0 Å². The summed E-state index contributed by atoms with van der Waals surface area (Å²) in [7, 11) is 0. The van der Waals surface area contributed by atoms with Gasteiger partial charge >= 0.3 is 0 Å². The first-order chi connectivity index (χ1) is 11.6. The van der Waals surface area contributed by atoms with Crippen LogP contribution in [0.1, 0.15) is 16.8 Å². The van der Waals surface area contributed by atoms with E-state index in [4.69, 9.17) is 39.5 Å². The Hall–Kier alpha value is -1.27. The minimum absolute atomic E-state index is 0.406. The fraction of sp³-hybridized carbons (Fsp3) is 0.375. The third-order valence-corrected chi connectivity index (χ3v) is 4.92. The van der Waals surface area contributed by atoms with Gasteiger partial charge in [-0.25, -0.2) is 4.68 Å². The van der Waals surface area contributed by atoms with Crippen LogP contribution in [-0.2, 0) is 11.3 Å². The molecule has 1 aromatic heterocycles. The summed E-state index contributed by atoms with van der Waals surface area (Å²) in [6.45, 7) is 5.23. The summed E-state index contributed by atoms with van der Waals surface area (Å²) >= 11 is 18.9. The summed E-state index contributed by atoms with van der Waals surface area (Å²) < 4.78 is 6.99. The van der Waals surface area contributed by atoms with E-state index >= 15 is 0 Å². The van der Waals surface area contributed by atoms with Gasteiger partial charge in [0.2, 0.25) is 0 Å². The number of benzene rings is 1. The average molecular weight is 388 g/mol. The van der Waals surface area contributed by atoms with Crippen molar-refractivity contribution in [3.63, 3.8) is 0 Å². The first-order valence-electron chi connectivity index (χ1n) is 7.58. The Morgan fingerprint density at radius 2 is 1.88 bits per heavy atom. The summed E-state index contributed by atoms with van der Waals surface area (Å²) in [6, 6.07) is 5.41. The van der Waals surface area contributed by atoms with Crippen molar-refractivity contribution in [2.75, 3.05) is 26.3 Å². The summed E-state index contributed by atoms with van der Waals surface area (Å²) in [5.74, 6) is 0. The fourth-order valence-corrected chi connectivity index (χ4v) is 3.26. The second kappa shape index (κ2) is 7.74. The number of nitrogens with zero attached hydrogens (tertiary/aromatic N) is 4. The lowest BCUT2D eigenvalue weighted by Crippen LogP contribution is -2.32. The molecule has 8 heteroatoms. The number of hydrogen-bond acceptors (Lipinski definition) is 4. The maximum absolute atomic E-state index is 6.48. The van der Waals surface area contributed by atoms with Gasteiger partial charge in [-0.1, -0.05) is 40.9 Å². The maximum atomic E-state index is 6.48. The van der Waals surface area contributed by atoms with E-state index in [9.17, 15) is 0 Å². The number of hydrogen-bond donors (Lipinski definition) is 0. The first-order valence-corrected chi connectivity index (χ1v) is 8.72. The van der Waals surface area contributed by atoms with Gasteiger partial charge in [0, 0.05) is 15.6 Å². The predicted molar refractivity (Wildman–Crippen MR) is 97.5 cm³/mol. The molecule has 0 saturated carbocycles. The molecule has 0 radical (unpaired) electrons. The number of aryl methyl sites for hydroxylation is 1. The summed E-state index contributed by atoms with van der Waals surface area (Å²) in [5.41, 5.74) is 2.40. The van der Waals surface area contributed by atoms with Crippen LogP contribution in [-0.4, -0.2) is 47.3 Å². The Kier molecular flexibility index (Phi) is 5.66. The molecule has 1 fully saturated rings. The van der Waals surface area contributed by atoms with Crippen LogP contribution in [0.2, 0.25) is 15.2 Å². The van der Waals surface area contributed by atoms with Crippen LogP contribution in [0, 0.1) is 6.92 Å². The second-order valence-electron chi connectivity index (χ2n) is 5.46. The molecule has 2 heterocycles. The van der Waals surface area contributed by atoms with Crippen LogP contribution in [0.4, 0.5) is 0 Å². The normalized spacial score (nSPS) is 15.4. The van der Waals surface area contributed by atoms with Crippen molar-refractivity contribution in [1.82, 2.24) is 14.8 Å². The topological polar surface area (TPSA) is 42.7 Å². The molecule has 0 spiro atoms. The van der Waals surface area contributed by atoms with Crippen molar-refractivity contribution < 1.29 is 4.74 Å². The zero-order chi connectivity index (χ0) is 17.1. The van der Waals surface area contributed by atoms with E-state index in [1.807, 2.05) is 18.0 Å². The second-order valence-corrected chi connectivity index (χ2v) is 6.63. The number of ether oxygens (including phenoxy) is 1. The average Bonchev–Trinajstić information content (AvgIpc) is 2.84. The zero-order valence-corrected chi connectivity index (χ0v) is 15.4. The van der Waals surface area contributed by atoms with Crippen molar-refractivity contribution in [2.45, 2.75) is 13.5 Å². The number of rotatable bonds is 4. The minimum atomic E-state index is 0.406. The minimum Gasteiger partial charge on any atom is -0.378 e. The Morgan fingerprint density at radius 1 is 1.21 bits per heavy atom. The van der Waals surface area contributed by atoms with Crippen LogP contribution in [0.5, 0.6) is 0 Å². The molecule has 5 nitrogen and oxygen atoms in total. The molecule has 1 saturated heterocycles. The molecule has 0 aliphatic carbocycles. The van der Waals surface area contributed by atoms with Crippen molar-refractivity contribution in [1.29, 1.82) is 0 Å². The highest BCUT2D eigenvalue weighted by Gasteiger charge is 2.15. The van der Waals surface area contributed by atoms with Crippen LogP contribution in [0.25, 0.3) is 0 Å². The SMILES string of the molecule is Cc1nn(Cc2c(Cl)cccc2Cl)c(Cl)c1/C=N/N1CCOCC1. The van der Waals surface area contributed by atoms with Gasteiger partial charge in [0.05, 0.1) is 50.3 Å². The molecule has 1 aromatic carbocycles. The number of aromatic nitrogens is 2. The van der Waals surface area contributed by atoms with E-state index in [1.54, 1.807) is 23.0 Å². The van der Waals surface area contributed by atoms with Gasteiger partial charge in [0.1, 0.15) is 5.15 Å². The molecule has 24 heavy (non-hydrogen) atoms. The summed E-state index contributed by atoms with van der Waals surface area (Å²) in [6.07, 6.45) is 1.75. The van der Waals surface area contributed by atoms with Gasteiger partial charge in [0.15, 0.2) is 0 Å². The molecular weight excluding hydrogens is 371 g/mol. The van der Waals surface area contributed by atoms with Crippen LogP contribution in [0.15, 0.2) is 23.3 Å². The molecule has 1 aliphatic rings. The van der Waals surface area contributed by atoms with Crippen molar-refractivity contribution >= 4 is 41.0 Å². The van der Waals surface area contributed by atoms with E-state index in [1.165, 1.54) is 0 Å². The maximum Gasteiger partial charge on any atom is 0.136 e. The van der Waals surface area contributed by atoms with Crippen LogP contribution in [0.3, 0.4) is 0 Å². The third kappa shape index (κ3) is 3.86. The number of morpholine rings is 1. The third-order valence-electron chi connectivity index (χ3n) is 3.82. The van der Waals surface area contributed by atoms with Crippen LogP contribution >= 0.6 is 34.8 Å². The molecule has 1 aliphatic heterocycles. The molecule has 2 aromatic rings. The summed E-state index contributed by atoms with van der Waals surface area (Å²) in [5, 5.41) is 12.6. The van der Waals surface area contributed by atoms with Gasteiger partial charge in [0.25, 0.3) is 0 Å². The van der Waals surface area contributed by atoms with Gasteiger partial charge in [-0.3, -0.25) is 5.01 Å². The van der Waals surface area contributed by atoms with Crippen molar-refractivity contribution in [3.05, 3.63) is 50.2 Å². The standard InChI is InChI=1S/C16H17Cl3N4O/c1-11-12(9-20-22-5-7-24-8-6-22)16(19)23(21-11)10-13-14(17)3-2-4-15(13)18/h2-4,9H,5-8,10H2,1H3/b20-9+. The van der Waals surface area contributed by atoms with Gasteiger partial charge in [-0.2, -0.15) is 10.2 Å². The predicted octanol–water partition coefficient (Wildman–Crippen LogP) is 3.87. The quantitative estimate of drug-likeness (QED) is 0.748. The molecule has 0 atom stereocenters. The smallest absolute Gasteiger partial charge is 0.136 e. The van der Waals surface area contributed by atoms with E-state index in [2.05, 4.69) is 10.2 Å². The fourth-order valence-electron chi connectivity index (χ4n) is 2.46. The molecule has 0 N–H and O–H groups in total. The van der Waals surface area contributed by atoms with E-state index < -0.39 is 0 Å². The van der Waals surface area contributed by atoms with Crippen molar-refractivity contribution in [2.24, 2.45) is 5.10 Å². The number of halogens is 3. The van der Waals surface area contributed by atoms with Gasteiger partial charge in [-0.15, -0.1) is 0 Å².